The summed E-state index contributed by atoms with van der Waals surface area (Å²) in [6.07, 6.45) is 0. The summed E-state index contributed by atoms with van der Waals surface area (Å²) in [4.78, 5) is 6.74. The highest BCUT2D eigenvalue weighted by Gasteiger charge is 2.25. The number of benzene rings is 1. The average Bonchev–Trinajstić information content (AvgIpc) is 3.01. The zero-order chi connectivity index (χ0) is 17.2. The lowest BCUT2D eigenvalue weighted by Crippen LogP contribution is -2.44. The van der Waals surface area contributed by atoms with Crippen LogP contribution in [0.4, 0.5) is 0 Å². The molecular formula is C18H27ClN4O2. The number of halogens is 1. The van der Waals surface area contributed by atoms with Crippen LogP contribution >= 0.6 is 12.4 Å². The van der Waals surface area contributed by atoms with Crippen LogP contribution in [0.2, 0.25) is 0 Å². The van der Waals surface area contributed by atoms with E-state index in [4.69, 9.17) is 9.26 Å². The summed E-state index contributed by atoms with van der Waals surface area (Å²) in [6.45, 7) is 9.60. The molecule has 1 atom stereocenters. The van der Waals surface area contributed by atoms with Gasteiger partial charge in [-0.2, -0.15) is 4.98 Å². The summed E-state index contributed by atoms with van der Waals surface area (Å²) in [7, 11) is 2.08. The standard InChI is InChI=1S/C18H26N4O2.ClH/c1-18(2,3)13-7-5-6-8-15(13)23-12-16-20-17(21-24-16)14-11-19-9-10-22(14)4;/h5-8,14,19H,9-12H2,1-4H3;1H. The van der Waals surface area contributed by atoms with E-state index in [1.807, 2.05) is 18.2 Å². The van der Waals surface area contributed by atoms with Crippen molar-refractivity contribution < 1.29 is 9.26 Å². The molecule has 138 valence electrons. The van der Waals surface area contributed by atoms with Gasteiger partial charge in [-0.15, -0.1) is 12.4 Å². The van der Waals surface area contributed by atoms with Crippen molar-refractivity contribution in [1.82, 2.24) is 20.4 Å². The van der Waals surface area contributed by atoms with Crippen molar-refractivity contribution in [3.8, 4) is 5.75 Å². The molecule has 6 nitrogen and oxygen atoms in total. The maximum atomic E-state index is 5.95. The average molecular weight is 367 g/mol. The Balaban J connectivity index is 0.00000225. The highest BCUT2D eigenvalue weighted by molar-refractivity contribution is 5.85. The van der Waals surface area contributed by atoms with Crippen LogP contribution in [-0.4, -0.2) is 41.7 Å². The molecule has 0 bridgehead atoms. The number of rotatable bonds is 4. The van der Waals surface area contributed by atoms with E-state index in [2.05, 4.69) is 54.2 Å². The molecule has 2 heterocycles. The van der Waals surface area contributed by atoms with Gasteiger partial charge in [-0.05, 0) is 24.1 Å². The van der Waals surface area contributed by atoms with Gasteiger partial charge in [0, 0.05) is 19.6 Å². The molecule has 0 amide bonds. The molecule has 1 aromatic carbocycles. The minimum atomic E-state index is 0. The molecule has 0 aliphatic carbocycles. The molecular weight excluding hydrogens is 340 g/mol. The van der Waals surface area contributed by atoms with Crippen LogP contribution in [0, 0.1) is 0 Å². The number of hydrogen-bond donors (Lipinski definition) is 1. The minimum Gasteiger partial charge on any atom is -0.483 e. The molecule has 2 aromatic rings. The topological polar surface area (TPSA) is 63.4 Å². The van der Waals surface area contributed by atoms with Gasteiger partial charge in [0.25, 0.3) is 5.89 Å². The highest BCUT2D eigenvalue weighted by Crippen LogP contribution is 2.31. The number of nitrogens with one attached hydrogen (secondary N) is 1. The Morgan fingerprint density at radius 1 is 1.32 bits per heavy atom. The van der Waals surface area contributed by atoms with Gasteiger partial charge in [-0.1, -0.05) is 44.1 Å². The molecule has 1 fully saturated rings. The third-order valence-corrected chi connectivity index (χ3v) is 4.34. The van der Waals surface area contributed by atoms with Crippen LogP contribution in [0.1, 0.15) is 44.1 Å². The van der Waals surface area contributed by atoms with E-state index in [0.717, 1.165) is 25.4 Å². The van der Waals surface area contributed by atoms with Gasteiger partial charge in [-0.3, -0.25) is 4.90 Å². The zero-order valence-electron chi connectivity index (χ0n) is 15.3. The molecule has 0 spiro atoms. The lowest BCUT2D eigenvalue weighted by Gasteiger charge is -2.30. The smallest absolute Gasteiger partial charge is 0.264 e. The number of nitrogens with zero attached hydrogens (tertiary/aromatic N) is 3. The number of para-hydroxylation sites is 1. The summed E-state index contributed by atoms with van der Waals surface area (Å²) < 4.78 is 11.3. The molecule has 1 aliphatic heterocycles. The van der Waals surface area contributed by atoms with Gasteiger partial charge in [-0.25, -0.2) is 0 Å². The van der Waals surface area contributed by atoms with Crippen molar-refractivity contribution in [2.45, 2.75) is 38.8 Å². The lowest BCUT2D eigenvalue weighted by molar-refractivity contribution is 0.189. The first-order valence-electron chi connectivity index (χ1n) is 8.41. The number of piperazine rings is 1. The fourth-order valence-electron chi connectivity index (χ4n) is 2.91. The monoisotopic (exact) mass is 366 g/mol. The summed E-state index contributed by atoms with van der Waals surface area (Å²) in [5.41, 5.74) is 1.19. The van der Waals surface area contributed by atoms with E-state index in [1.165, 1.54) is 5.56 Å². The van der Waals surface area contributed by atoms with Crippen LogP contribution in [0.15, 0.2) is 28.8 Å². The van der Waals surface area contributed by atoms with Crippen molar-refractivity contribution in [3.63, 3.8) is 0 Å². The van der Waals surface area contributed by atoms with Crippen LogP contribution < -0.4 is 10.1 Å². The molecule has 1 aromatic heterocycles. The minimum absolute atomic E-state index is 0. The predicted octanol–water partition coefficient (Wildman–Crippen LogP) is 2.94. The van der Waals surface area contributed by atoms with Crippen molar-refractivity contribution in [2.75, 3.05) is 26.7 Å². The second kappa shape index (κ2) is 8.17. The van der Waals surface area contributed by atoms with Crippen LogP contribution in [-0.2, 0) is 12.0 Å². The van der Waals surface area contributed by atoms with Gasteiger partial charge in [0.15, 0.2) is 12.4 Å². The number of aromatic nitrogens is 2. The lowest BCUT2D eigenvalue weighted by atomic mass is 9.86. The predicted molar refractivity (Wildman–Crippen MR) is 99.3 cm³/mol. The second-order valence-corrected chi connectivity index (χ2v) is 7.28. The molecule has 0 radical (unpaired) electrons. The number of likely N-dealkylation sites (N-methyl/N-ethyl adjacent to an activating group) is 1. The largest absolute Gasteiger partial charge is 0.483 e. The van der Waals surface area contributed by atoms with Crippen molar-refractivity contribution in [1.29, 1.82) is 0 Å². The van der Waals surface area contributed by atoms with Gasteiger partial charge in [0.05, 0.1) is 6.04 Å². The molecule has 3 rings (SSSR count). The van der Waals surface area contributed by atoms with Gasteiger partial charge in [0.1, 0.15) is 5.75 Å². The molecule has 0 saturated carbocycles. The second-order valence-electron chi connectivity index (χ2n) is 7.28. The van der Waals surface area contributed by atoms with Gasteiger partial charge < -0.3 is 14.6 Å². The van der Waals surface area contributed by atoms with Crippen molar-refractivity contribution in [2.24, 2.45) is 0 Å². The summed E-state index contributed by atoms with van der Waals surface area (Å²) in [5.74, 6) is 2.08. The SMILES string of the molecule is CN1CCNCC1c1noc(COc2ccccc2C(C)(C)C)n1.Cl. The molecule has 1 unspecified atom stereocenters. The van der Waals surface area contributed by atoms with E-state index in [9.17, 15) is 0 Å². The summed E-state index contributed by atoms with van der Waals surface area (Å²) >= 11 is 0. The Morgan fingerprint density at radius 3 is 2.80 bits per heavy atom. The molecule has 1 saturated heterocycles. The maximum absolute atomic E-state index is 5.95. The van der Waals surface area contributed by atoms with E-state index in [0.29, 0.717) is 11.7 Å². The first-order chi connectivity index (χ1) is 11.4. The van der Waals surface area contributed by atoms with Crippen LogP contribution in [0.5, 0.6) is 5.75 Å². The first-order valence-corrected chi connectivity index (χ1v) is 8.41. The quantitative estimate of drug-likeness (QED) is 0.897. The summed E-state index contributed by atoms with van der Waals surface area (Å²) in [5, 5.41) is 7.49. The van der Waals surface area contributed by atoms with Crippen LogP contribution in [0.25, 0.3) is 0 Å². The Labute approximate surface area is 155 Å². The fourth-order valence-corrected chi connectivity index (χ4v) is 2.91. The van der Waals surface area contributed by atoms with E-state index in [-0.39, 0.29) is 30.5 Å². The molecule has 7 heteroatoms. The Bertz CT molecular complexity index is 684. The van der Waals surface area contributed by atoms with Crippen LogP contribution in [0.3, 0.4) is 0 Å². The fraction of sp³-hybridized carbons (Fsp3) is 0.556. The first kappa shape index (κ1) is 19.7. The van der Waals surface area contributed by atoms with E-state index >= 15 is 0 Å². The molecule has 25 heavy (non-hydrogen) atoms. The van der Waals surface area contributed by atoms with Gasteiger partial charge >= 0.3 is 0 Å². The number of hydrogen-bond acceptors (Lipinski definition) is 6. The molecule has 1 N–H and O–H groups in total. The maximum Gasteiger partial charge on any atom is 0.264 e. The normalized spacial score (nSPS) is 18.6. The molecule has 1 aliphatic rings. The van der Waals surface area contributed by atoms with Crippen molar-refractivity contribution in [3.05, 3.63) is 41.5 Å². The zero-order valence-corrected chi connectivity index (χ0v) is 16.1. The summed E-state index contributed by atoms with van der Waals surface area (Å²) in [6, 6.07) is 8.24. The van der Waals surface area contributed by atoms with Gasteiger partial charge in [0.2, 0.25) is 0 Å². The van der Waals surface area contributed by atoms with E-state index < -0.39 is 0 Å². The third kappa shape index (κ3) is 4.71. The Hall–Kier alpha value is -1.63. The third-order valence-electron chi connectivity index (χ3n) is 4.34. The number of ether oxygens (including phenoxy) is 1. The Kier molecular flexibility index (Phi) is 6.43. The van der Waals surface area contributed by atoms with E-state index in [1.54, 1.807) is 0 Å². The van der Waals surface area contributed by atoms with Crippen molar-refractivity contribution >= 4 is 12.4 Å². The highest BCUT2D eigenvalue weighted by atomic mass is 35.5. The Morgan fingerprint density at radius 2 is 2.08 bits per heavy atom.